The number of hydrogen-bond donors (Lipinski definition) is 1. The normalized spacial score (nSPS) is 17.0. The number of aromatic nitrogens is 4. The lowest BCUT2D eigenvalue weighted by atomic mass is 10.3. The third kappa shape index (κ3) is 8.28. The first-order chi connectivity index (χ1) is 16.4. The highest BCUT2D eigenvalue weighted by molar-refractivity contribution is 8.76. The van der Waals surface area contributed by atoms with Gasteiger partial charge in [-0.05, 0) is 38.9 Å². The molecule has 190 valence electrons. The van der Waals surface area contributed by atoms with Crippen molar-refractivity contribution in [3.8, 4) is 0 Å². The summed E-state index contributed by atoms with van der Waals surface area (Å²) in [5.41, 5.74) is 6.89. The standard InChI is InChI=1S/C19H30N5O7PS2/c1-14(9-24-11-23-16-17(20)21-10-22-18(16)24)28-13-32(26,29-7-8-34-33-2)30-12-27-19(25)31-15-5-3-4-6-15/h10-11,14-15H,3-9,12-13H2,1-2H3,(H2,20,21,22)/t14-,32?/m1/s1. The summed E-state index contributed by atoms with van der Waals surface area (Å²) in [4.78, 5) is 24.2. The number of anilines is 1. The van der Waals surface area contributed by atoms with Crippen LogP contribution in [0.3, 0.4) is 0 Å². The molecule has 1 unspecified atom stereocenters. The summed E-state index contributed by atoms with van der Waals surface area (Å²) in [5, 5.41) is 0. The van der Waals surface area contributed by atoms with Crippen LogP contribution in [0.2, 0.25) is 0 Å². The van der Waals surface area contributed by atoms with Gasteiger partial charge in [0.05, 0.1) is 25.6 Å². The van der Waals surface area contributed by atoms with Gasteiger partial charge in [-0.3, -0.25) is 9.09 Å². The number of carbonyl (C=O) groups excluding carboxylic acids is 1. The van der Waals surface area contributed by atoms with Gasteiger partial charge in [-0.1, -0.05) is 21.6 Å². The van der Waals surface area contributed by atoms with Crippen molar-refractivity contribution in [3.63, 3.8) is 0 Å². The van der Waals surface area contributed by atoms with E-state index in [1.54, 1.807) is 39.4 Å². The molecular formula is C19H30N5O7PS2. The Hall–Kier alpha value is -1.57. The van der Waals surface area contributed by atoms with Crippen LogP contribution in [0, 0.1) is 0 Å². The second kappa shape index (κ2) is 13.5. The molecule has 1 aliphatic carbocycles. The third-order valence-corrected chi connectivity index (χ3v) is 8.28. The zero-order valence-electron chi connectivity index (χ0n) is 19.2. The molecule has 0 spiro atoms. The second-order valence-corrected chi connectivity index (χ2v) is 12.2. The smallest absolute Gasteiger partial charge is 0.431 e. The van der Waals surface area contributed by atoms with Gasteiger partial charge in [0.25, 0.3) is 0 Å². The summed E-state index contributed by atoms with van der Waals surface area (Å²) >= 11 is 0. The maximum atomic E-state index is 13.2. The number of imidazole rings is 1. The Labute approximate surface area is 205 Å². The van der Waals surface area contributed by atoms with E-state index in [1.807, 2.05) is 6.26 Å². The zero-order valence-corrected chi connectivity index (χ0v) is 21.7. The van der Waals surface area contributed by atoms with Crippen LogP contribution in [0.4, 0.5) is 10.6 Å². The van der Waals surface area contributed by atoms with Gasteiger partial charge in [-0.25, -0.2) is 19.7 Å². The largest absolute Gasteiger partial charge is 0.510 e. The average Bonchev–Trinajstić information content (AvgIpc) is 3.46. The number of nitrogens with two attached hydrogens (primary N) is 1. The van der Waals surface area contributed by atoms with Crippen LogP contribution in [0.5, 0.6) is 0 Å². The van der Waals surface area contributed by atoms with E-state index in [1.165, 1.54) is 6.33 Å². The Morgan fingerprint density at radius 3 is 2.85 bits per heavy atom. The SMILES string of the molecule is CSSCCOP(=O)(CO[C@H](C)Cn1cnc2c(N)ncnc21)OCOC(=O)OC1CCCC1. The molecule has 0 aromatic carbocycles. The van der Waals surface area contributed by atoms with E-state index in [0.717, 1.165) is 25.7 Å². The first kappa shape index (κ1) is 27.0. The molecule has 0 saturated heterocycles. The van der Waals surface area contributed by atoms with Crippen LogP contribution in [0.25, 0.3) is 11.2 Å². The van der Waals surface area contributed by atoms with Gasteiger partial charge in [-0.15, -0.1) is 0 Å². The van der Waals surface area contributed by atoms with Crippen molar-refractivity contribution in [2.75, 3.05) is 37.5 Å². The Morgan fingerprint density at radius 2 is 2.09 bits per heavy atom. The van der Waals surface area contributed by atoms with Crippen LogP contribution < -0.4 is 5.73 Å². The lowest BCUT2D eigenvalue weighted by Crippen LogP contribution is -2.20. The van der Waals surface area contributed by atoms with Crippen LogP contribution in [0.15, 0.2) is 12.7 Å². The van der Waals surface area contributed by atoms with E-state index in [-0.39, 0.29) is 31.0 Å². The molecule has 2 atom stereocenters. The first-order valence-corrected chi connectivity index (χ1v) is 15.3. The Balaban J connectivity index is 1.50. The predicted octanol–water partition coefficient (Wildman–Crippen LogP) is 4.06. The molecule has 0 bridgehead atoms. The highest BCUT2D eigenvalue weighted by atomic mass is 33.1. The molecule has 0 amide bonds. The Kier molecular flexibility index (Phi) is 10.7. The fraction of sp³-hybridized carbons (Fsp3) is 0.684. The summed E-state index contributed by atoms with van der Waals surface area (Å²) in [6, 6.07) is 0. The van der Waals surface area contributed by atoms with Crippen LogP contribution in [-0.2, 0) is 34.4 Å². The van der Waals surface area contributed by atoms with E-state index >= 15 is 0 Å². The molecule has 1 saturated carbocycles. The van der Waals surface area contributed by atoms with E-state index in [0.29, 0.717) is 23.5 Å². The molecule has 34 heavy (non-hydrogen) atoms. The minimum Gasteiger partial charge on any atom is -0.431 e. The minimum atomic E-state index is -3.70. The summed E-state index contributed by atoms with van der Waals surface area (Å²) in [6.07, 6.45) is 6.89. The summed E-state index contributed by atoms with van der Waals surface area (Å²) < 4.78 is 41.7. The van der Waals surface area contributed by atoms with Crippen molar-refractivity contribution in [2.24, 2.45) is 0 Å². The molecular weight excluding hydrogens is 505 g/mol. The molecule has 3 rings (SSSR count). The van der Waals surface area contributed by atoms with Crippen LogP contribution in [0.1, 0.15) is 32.6 Å². The van der Waals surface area contributed by atoms with Crippen molar-refractivity contribution >= 4 is 52.3 Å². The summed E-state index contributed by atoms with van der Waals surface area (Å²) in [5.74, 6) is 0.898. The van der Waals surface area contributed by atoms with Gasteiger partial charge in [0.2, 0.25) is 6.79 Å². The van der Waals surface area contributed by atoms with E-state index in [9.17, 15) is 9.36 Å². The third-order valence-electron chi connectivity index (χ3n) is 4.96. The Morgan fingerprint density at radius 1 is 1.29 bits per heavy atom. The molecule has 12 nitrogen and oxygen atoms in total. The topological polar surface area (TPSA) is 150 Å². The monoisotopic (exact) mass is 535 g/mol. The molecule has 2 aromatic rings. The van der Waals surface area contributed by atoms with Crippen LogP contribution >= 0.6 is 29.2 Å². The van der Waals surface area contributed by atoms with Crippen LogP contribution in [-0.4, -0.2) is 69.6 Å². The van der Waals surface area contributed by atoms with Crippen molar-refractivity contribution in [1.29, 1.82) is 0 Å². The number of hydrogen-bond acceptors (Lipinski definition) is 13. The van der Waals surface area contributed by atoms with Crippen molar-refractivity contribution in [2.45, 2.75) is 51.4 Å². The van der Waals surface area contributed by atoms with Gasteiger partial charge in [0.15, 0.2) is 11.5 Å². The number of nitrogens with zero attached hydrogens (tertiary/aromatic N) is 4. The number of ether oxygens (including phenoxy) is 3. The van der Waals surface area contributed by atoms with Gasteiger partial charge in [-0.2, -0.15) is 0 Å². The highest BCUT2D eigenvalue weighted by Crippen LogP contribution is 2.48. The molecule has 15 heteroatoms. The van der Waals surface area contributed by atoms with E-state index in [4.69, 9.17) is 29.0 Å². The van der Waals surface area contributed by atoms with Gasteiger partial charge < -0.3 is 29.0 Å². The Bertz CT molecular complexity index is 976. The van der Waals surface area contributed by atoms with Crippen molar-refractivity contribution < 1.29 is 32.6 Å². The quantitative estimate of drug-likeness (QED) is 0.122. The van der Waals surface area contributed by atoms with Gasteiger partial charge in [0.1, 0.15) is 24.3 Å². The molecule has 2 aromatic heterocycles. The van der Waals surface area contributed by atoms with E-state index in [2.05, 4.69) is 15.0 Å². The number of nitrogen functional groups attached to an aromatic ring is 1. The maximum Gasteiger partial charge on any atom is 0.510 e. The van der Waals surface area contributed by atoms with E-state index < -0.39 is 20.5 Å². The molecule has 0 radical (unpaired) electrons. The fourth-order valence-corrected chi connectivity index (χ4v) is 5.71. The zero-order chi connectivity index (χ0) is 24.4. The number of rotatable bonds is 14. The summed E-state index contributed by atoms with van der Waals surface area (Å²) in [6.45, 7) is 1.81. The molecule has 1 fully saturated rings. The minimum absolute atomic E-state index is 0.136. The summed E-state index contributed by atoms with van der Waals surface area (Å²) in [7, 11) is -0.566. The molecule has 2 heterocycles. The highest BCUT2D eigenvalue weighted by Gasteiger charge is 2.28. The number of carbonyl (C=O) groups is 1. The van der Waals surface area contributed by atoms with Crippen molar-refractivity contribution in [1.82, 2.24) is 19.5 Å². The lowest BCUT2D eigenvalue weighted by Gasteiger charge is -2.21. The lowest BCUT2D eigenvalue weighted by molar-refractivity contribution is -0.0222. The predicted molar refractivity (Wildman–Crippen MR) is 130 cm³/mol. The van der Waals surface area contributed by atoms with Gasteiger partial charge in [0, 0.05) is 5.75 Å². The van der Waals surface area contributed by atoms with Gasteiger partial charge >= 0.3 is 13.8 Å². The molecule has 1 aliphatic rings. The molecule has 0 aliphatic heterocycles. The first-order valence-electron chi connectivity index (χ1n) is 10.8. The van der Waals surface area contributed by atoms with Crippen molar-refractivity contribution in [3.05, 3.63) is 12.7 Å². The second-order valence-electron chi connectivity index (χ2n) is 7.53. The fourth-order valence-electron chi connectivity index (χ4n) is 3.32. The molecule has 2 N–H and O–H groups in total. The maximum absolute atomic E-state index is 13.2. The average molecular weight is 536 g/mol. The number of fused-ring (bicyclic) bond motifs is 1.